The number of hydrogen-bond acceptors (Lipinski definition) is 4. The van der Waals surface area contributed by atoms with Crippen LogP contribution in [0.4, 0.5) is 0 Å². The van der Waals surface area contributed by atoms with Gasteiger partial charge in [-0.15, -0.1) is 0 Å². The molecule has 1 aliphatic heterocycles. The molecule has 1 aromatic heterocycles. The Bertz CT molecular complexity index is 918. The average Bonchev–Trinajstić information content (AvgIpc) is 2.68. The van der Waals surface area contributed by atoms with Gasteiger partial charge in [0.15, 0.2) is 0 Å². The van der Waals surface area contributed by atoms with Crippen LogP contribution in [0.3, 0.4) is 0 Å². The predicted octanol–water partition coefficient (Wildman–Crippen LogP) is 6.19. The predicted molar refractivity (Wildman–Crippen MR) is 116 cm³/mol. The van der Waals surface area contributed by atoms with Gasteiger partial charge in [-0.2, -0.15) is 0 Å². The number of unbranched alkanes of at least 4 members (excludes halogenated alkanes) is 2. The lowest BCUT2D eigenvalue weighted by Gasteiger charge is -2.46. The molecule has 29 heavy (non-hydrogen) atoms. The molecule has 2 aliphatic rings. The second-order valence-electron chi connectivity index (χ2n) is 9.11. The Morgan fingerprint density at radius 1 is 1.28 bits per heavy atom. The van der Waals surface area contributed by atoms with E-state index in [0.717, 1.165) is 60.2 Å². The molecule has 0 bridgehead atoms. The highest BCUT2D eigenvalue weighted by Gasteiger charge is 2.45. The summed E-state index contributed by atoms with van der Waals surface area (Å²) >= 11 is 0. The van der Waals surface area contributed by atoms with Crippen molar-refractivity contribution in [2.24, 2.45) is 5.92 Å². The number of aromatic nitrogens is 2. The first kappa shape index (κ1) is 19.9. The molecule has 0 saturated heterocycles. The van der Waals surface area contributed by atoms with Gasteiger partial charge in [-0.1, -0.05) is 31.4 Å². The van der Waals surface area contributed by atoms with Crippen molar-refractivity contribution in [3.8, 4) is 22.8 Å². The highest BCUT2D eigenvalue weighted by atomic mass is 16.5. The first-order valence-electron chi connectivity index (χ1n) is 10.9. The van der Waals surface area contributed by atoms with E-state index in [0.29, 0.717) is 11.7 Å². The fraction of sp³-hybridized carbons (Fsp3) is 0.520. The van der Waals surface area contributed by atoms with E-state index in [-0.39, 0.29) is 11.5 Å². The molecule has 4 heteroatoms. The van der Waals surface area contributed by atoms with Crippen LogP contribution in [0.25, 0.3) is 11.3 Å². The lowest BCUT2D eigenvalue weighted by molar-refractivity contribution is 0.0108. The summed E-state index contributed by atoms with van der Waals surface area (Å²) in [7, 11) is 0. The summed E-state index contributed by atoms with van der Waals surface area (Å²) in [4.78, 5) is 8.53. The van der Waals surface area contributed by atoms with Crippen LogP contribution in [0.1, 0.15) is 76.8 Å². The van der Waals surface area contributed by atoms with Crippen molar-refractivity contribution in [1.29, 1.82) is 0 Å². The van der Waals surface area contributed by atoms with Crippen LogP contribution < -0.4 is 4.74 Å². The first-order chi connectivity index (χ1) is 13.9. The van der Waals surface area contributed by atoms with Crippen molar-refractivity contribution in [2.75, 3.05) is 0 Å². The van der Waals surface area contributed by atoms with Crippen molar-refractivity contribution in [2.45, 2.75) is 77.7 Å². The van der Waals surface area contributed by atoms with E-state index in [1.807, 2.05) is 6.07 Å². The van der Waals surface area contributed by atoms with Crippen LogP contribution >= 0.6 is 0 Å². The lowest BCUT2D eigenvalue weighted by Crippen LogP contribution is -2.45. The minimum Gasteiger partial charge on any atom is -0.507 e. The SMILES string of the molecule is CCCCCc1cc2c(c(O)c1-c1ccncn1)C1C=C(C)CCC1C(C)(C)O2. The van der Waals surface area contributed by atoms with Crippen LogP contribution in [-0.2, 0) is 6.42 Å². The lowest BCUT2D eigenvalue weighted by atomic mass is 9.67. The molecular formula is C25H32N2O2. The summed E-state index contributed by atoms with van der Waals surface area (Å²) < 4.78 is 6.52. The largest absolute Gasteiger partial charge is 0.507 e. The monoisotopic (exact) mass is 392 g/mol. The third kappa shape index (κ3) is 3.65. The normalized spacial score (nSPS) is 22.3. The zero-order chi connectivity index (χ0) is 20.6. The van der Waals surface area contributed by atoms with Gasteiger partial charge >= 0.3 is 0 Å². The summed E-state index contributed by atoms with van der Waals surface area (Å²) in [6.45, 7) is 8.78. The van der Waals surface area contributed by atoms with Crippen LogP contribution in [0.2, 0.25) is 0 Å². The summed E-state index contributed by atoms with van der Waals surface area (Å²) in [6, 6.07) is 4.05. The van der Waals surface area contributed by atoms with Crippen LogP contribution in [0.5, 0.6) is 11.5 Å². The van der Waals surface area contributed by atoms with Crippen molar-refractivity contribution in [3.05, 3.63) is 47.4 Å². The summed E-state index contributed by atoms with van der Waals surface area (Å²) in [5.41, 5.74) is 4.81. The highest BCUT2D eigenvalue weighted by molar-refractivity contribution is 5.76. The van der Waals surface area contributed by atoms with Gasteiger partial charge in [0.1, 0.15) is 23.4 Å². The van der Waals surface area contributed by atoms with Crippen molar-refractivity contribution < 1.29 is 9.84 Å². The van der Waals surface area contributed by atoms with E-state index in [9.17, 15) is 5.11 Å². The number of phenolic OH excluding ortho intramolecular Hbond substituents is 1. The summed E-state index contributed by atoms with van der Waals surface area (Å²) in [5, 5.41) is 11.6. The van der Waals surface area contributed by atoms with Gasteiger partial charge in [0.2, 0.25) is 0 Å². The molecule has 1 N–H and O–H groups in total. The van der Waals surface area contributed by atoms with Gasteiger partial charge in [0.25, 0.3) is 0 Å². The Hall–Kier alpha value is -2.36. The Morgan fingerprint density at radius 3 is 2.83 bits per heavy atom. The minimum atomic E-state index is -0.252. The molecule has 0 spiro atoms. The molecule has 2 aromatic rings. The van der Waals surface area contributed by atoms with E-state index >= 15 is 0 Å². The fourth-order valence-corrected chi connectivity index (χ4v) is 5.10. The van der Waals surface area contributed by atoms with E-state index in [1.165, 1.54) is 12.0 Å². The van der Waals surface area contributed by atoms with Gasteiger partial charge in [0.05, 0.1) is 5.69 Å². The number of nitrogens with zero attached hydrogens (tertiary/aromatic N) is 2. The van der Waals surface area contributed by atoms with E-state index < -0.39 is 0 Å². The average molecular weight is 393 g/mol. The molecule has 2 atom stereocenters. The van der Waals surface area contributed by atoms with E-state index in [4.69, 9.17) is 4.74 Å². The Labute approximate surface area is 174 Å². The number of rotatable bonds is 5. The van der Waals surface area contributed by atoms with Gasteiger partial charge < -0.3 is 9.84 Å². The zero-order valence-electron chi connectivity index (χ0n) is 18.0. The number of benzene rings is 1. The molecule has 2 heterocycles. The maximum Gasteiger partial charge on any atom is 0.132 e. The molecule has 0 saturated carbocycles. The van der Waals surface area contributed by atoms with Gasteiger partial charge in [0, 0.05) is 29.2 Å². The third-order valence-electron chi connectivity index (χ3n) is 6.62. The fourth-order valence-electron chi connectivity index (χ4n) is 5.10. The van der Waals surface area contributed by atoms with E-state index in [2.05, 4.69) is 49.8 Å². The summed E-state index contributed by atoms with van der Waals surface area (Å²) in [6.07, 6.45) is 12.1. The number of ether oxygens (including phenoxy) is 1. The summed E-state index contributed by atoms with van der Waals surface area (Å²) in [5.74, 6) is 1.70. The van der Waals surface area contributed by atoms with Gasteiger partial charge in [-0.25, -0.2) is 9.97 Å². The number of fused-ring (bicyclic) bond motifs is 3. The number of hydrogen-bond donors (Lipinski definition) is 1. The smallest absolute Gasteiger partial charge is 0.132 e. The molecule has 154 valence electrons. The standard InChI is InChI=1S/C25H32N2O2/c1-5-6-7-8-17-14-21-23(24(28)22(17)20-11-12-26-15-27-20)18-13-16(2)9-10-19(18)25(3,4)29-21/h11-15,18-19,28H,5-10H2,1-4H3. The molecule has 1 aromatic carbocycles. The van der Waals surface area contributed by atoms with Crippen molar-refractivity contribution in [1.82, 2.24) is 9.97 Å². The number of aromatic hydroxyl groups is 1. The quantitative estimate of drug-likeness (QED) is 0.487. The molecule has 2 unspecified atom stereocenters. The Balaban J connectivity index is 1.91. The molecule has 4 rings (SSSR count). The third-order valence-corrected chi connectivity index (χ3v) is 6.62. The molecule has 1 aliphatic carbocycles. The molecule has 0 fully saturated rings. The number of phenols is 1. The van der Waals surface area contributed by atoms with Crippen molar-refractivity contribution in [3.63, 3.8) is 0 Å². The highest BCUT2D eigenvalue weighted by Crippen LogP contribution is 2.55. The Kier molecular flexibility index (Phi) is 5.37. The van der Waals surface area contributed by atoms with Crippen LogP contribution in [0.15, 0.2) is 36.3 Å². The second kappa shape index (κ2) is 7.81. The van der Waals surface area contributed by atoms with Crippen LogP contribution in [0, 0.1) is 5.92 Å². The molecule has 4 nitrogen and oxygen atoms in total. The van der Waals surface area contributed by atoms with Gasteiger partial charge in [-0.05, 0) is 64.2 Å². The van der Waals surface area contributed by atoms with Crippen molar-refractivity contribution >= 4 is 0 Å². The van der Waals surface area contributed by atoms with E-state index in [1.54, 1.807) is 12.5 Å². The maximum atomic E-state index is 11.6. The minimum absolute atomic E-state index is 0.174. The molecule has 0 radical (unpaired) electrons. The van der Waals surface area contributed by atoms with Crippen LogP contribution in [-0.4, -0.2) is 20.7 Å². The second-order valence-corrected chi connectivity index (χ2v) is 9.11. The number of allylic oxidation sites excluding steroid dienone is 2. The zero-order valence-corrected chi connectivity index (χ0v) is 18.0. The van der Waals surface area contributed by atoms with Gasteiger partial charge in [-0.3, -0.25) is 0 Å². The first-order valence-corrected chi connectivity index (χ1v) is 10.9. The molecular weight excluding hydrogens is 360 g/mol. The topological polar surface area (TPSA) is 55.2 Å². The maximum absolute atomic E-state index is 11.6. The number of aryl methyl sites for hydroxylation is 1. The molecule has 0 amide bonds. The Morgan fingerprint density at radius 2 is 2.10 bits per heavy atom.